The van der Waals surface area contributed by atoms with Gasteiger partial charge in [0.15, 0.2) is 6.29 Å². The van der Waals surface area contributed by atoms with Crippen LogP contribution in [0.5, 0.6) is 5.75 Å². The van der Waals surface area contributed by atoms with E-state index >= 15 is 0 Å². The Kier molecular flexibility index (Phi) is 7.21. The first-order valence-corrected chi connectivity index (χ1v) is 9.96. The van der Waals surface area contributed by atoms with E-state index in [1.54, 1.807) is 12.1 Å². The number of aromatic hydroxyl groups is 1. The summed E-state index contributed by atoms with van der Waals surface area (Å²) in [6.07, 6.45) is -6.59. The smallest absolute Gasteiger partial charge is 0.338 e. The standard InChI is InChI=1S/C22H34O8/c1-21(2,3)12-8-11(9-13(15(12)23)22(4,5)6)19(27)29-10-14-16(24)17(25)18(26)20(28-7)30-14/h8-9,14,16-18,20,23-26H,10H2,1-7H3/t14-,16-,17+,18-,20+/m1/s1. The molecule has 1 aromatic rings. The minimum atomic E-state index is -1.50. The number of benzene rings is 1. The van der Waals surface area contributed by atoms with Gasteiger partial charge in [-0.15, -0.1) is 0 Å². The van der Waals surface area contributed by atoms with Crippen molar-refractivity contribution < 1.29 is 39.4 Å². The van der Waals surface area contributed by atoms with Crippen molar-refractivity contribution in [1.29, 1.82) is 0 Å². The summed E-state index contributed by atoms with van der Waals surface area (Å²) in [6, 6.07) is 3.20. The van der Waals surface area contributed by atoms with Gasteiger partial charge >= 0.3 is 5.97 Å². The van der Waals surface area contributed by atoms with Gasteiger partial charge in [-0.3, -0.25) is 0 Å². The Bertz CT molecular complexity index is 724. The number of methoxy groups -OCH3 is 1. The lowest BCUT2D eigenvalue weighted by atomic mass is 9.78. The van der Waals surface area contributed by atoms with Crippen molar-refractivity contribution in [3.8, 4) is 5.75 Å². The van der Waals surface area contributed by atoms with Crippen molar-refractivity contribution in [1.82, 2.24) is 0 Å². The SMILES string of the molecule is CO[C@H]1O[C@H](COC(=O)c2cc(C(C)(C)C)c(O)c(C(C)(C)C)c2)[C@@H](O)[C@H](O)[C@H]1O. The van der Waals surface area contributed by atoms with E-state index in [9.17, 15) is 25.2 Å². The summed E-state index contributed by atoms with van der Waals surface area (Å²) >= 11 is 0. The Labute approximate surface area is 177 Å². The Morgan fingerprint density at radius 3 is 1.90 bits per heavy atom. The Morgan fingerprint density at radius 2 is 1.47 bits per heavy atom. The molecule has 1 aliphatic rings. The van der Waals surface area contributed by atoms with Crippen LogP contribution in [0.15, 0.2) is 12.1 Å². The number of hydrogen-bond acceptors (Lipinski definition) is 8. The van der Waals surface area contributed by atoms with Crippen LogP contribution in [0.4, 0.5) is 0 Å². The highest BCUT2D eigenvalue weighted by Crippen LogP contribution is 2.40. The number of rotatable bonds is 4. The van der Waals surface area contributed by atoms with E-state index in [0.717, 1.165) is 0 Å². The number of carbonyl (C=O) groups is 1. The highest BCUT2D eigenvalue weighted by atomic mass is 16.7. The number of ether oxygens (including phenoxy) is 3. The minimum absolute atomic E-state index is 0.151. The summed E-state index contributed by atoms with van der Waals surface area (Å²) in [5, 5.41) is 40.7. The van der Waals surface area contributed by atoms with Crippen LogP contribution in [0.3, 0.4) is 0 Å². The Balaban J connectivity index is 2.27. The fourth-order valence-electron chi connectivity index (χ4n) is 3.39. The summed E-state index contributed by atoms with van der Waals surface area (Å²) in [5.41, 5.74) is 0.684. The van der Waals surface area contributed by atoms with Crippen LogP contribution >= 0.6 is 0 Å². The molecule has 8 nitrogen and oxygen atoms in total. The maximum Gasteiger partial charge on any atom is 0.338 e. The molecule has 1 saturated heterocycles. The summed E-state index contributed by atoms with van der Waals surface area (Å²) in [6.45, 7) is 11.3. The number of phenolic OH excluding ortho intramolecular Hbond substituents is 1. The van der Waals surface area contributed by atoms with Gasteiger partial charge in [-0.2, -0.15) is 0 Å². The molecule has 2 rings (SSSR count). The van der Waals surface area contributed by atoms with E-state index in [-0.39, 0.29) is 17.9 Å². The van der Waals surface area contributed by atoms with Gasteiger partial charge in [0.25, 0.3) is 0 Å². The Hall–Kier alpha value is -1.71. The second-order valence-corrected chi connectivity index (χ2v) is 9.77. The van der Waals surface area contributed by atoms with E-state index in [4.69, 9.17) is 14.2 Å². The average Bonchev–Trinajstić information content (AvgIpc) is 2.63. The van der Waals surface area contributed by atoms with Gasteiger partial charge in [0.1, 0.15) is 36.8 Å². The molecular weight excluding hydrogens is 392 g/mol. The fraction of sp³-hybridized carbons (Fsp3) is 0.682. The summed E-state index contributed by atoms with van der Waals surface area (Å²) in [7, 11) is 1.29. The number of hydrogen-bond donors (Lipinski definition) is 4. The first-order chi connectivity index (χ1) is 13.7. The first kappa shape index (κ1) is 24.6. The summed E-state index contributed by atoms with van der Waals surface area (Å²) in [4.78, 5) is 12.8. The zero-order chi connectivity index (χ0) is 23.0. The quantitative estimate of drug-likeness (QED) is 0.535. The number of aliphatic hydroxyl groups excluding tert-OH is 3. The third kappa shape index (κ3) is 5.12. The van der Waals surface area contributed by atoms with Gasteiger partial charge in [0, 0.05) is 18.2 Å². The van der Waals surface area contributed by atoms with Gasteiger partial charge in [0.05, 0.1) is 5.56 Å². The number of phenols is 1. The molecule has 1 fully saturated rings. The van der Waals surface area contributed by atoms with E-state index in [0.29, 0.717) is 11.1 Å². The van der Waals surface area contributed by atoms with Crippen molar-refractivity contribution in [3.63, 3.8) is 0 Å². The average molecular weight is 427 g/mol. The van der Waals surface area contributed by atoms with E-state index in [2.05, 4.69) is 0 Å². The zero-order valence-electron chi connectivity index (χ0n) is 18.7. The van der Waals surface area contributed by atoms with Crippen LogP contribution in [0.2, 0.25) is 0 Å². The van der Waals surface area contributed by atoms with E-state index in [1.165, 1.54) is 7.11 Å². The molecule has 1 aliphatic heterocycles. The summed E-state index contributed by atoms with van der Waals surface area (Å²) < 4.78 is 15.7. The molecule has 0 amide bonds. The highest BCUT2D eigenvalue weighted by molar-refractivity contribution is 5.90. The van der Waals surface area contributed by atoms with Crippen molar-refractivity contribution >= 4 is 5.97 Å². The fourth-order valence-corrected chi connectivity index (χ4v) is 3.39. The van der Waals surface area contributed by atoms with Crippen LogP contribution in [-0.2, 0) is 25.0 Å². The van der Waals surface area contributed by atoms with Gasteiger partial charge in [-0.25, -0.2) is 4.79 Å². The lowest BCUT2D eigenvalue weighted by Gasteiger charge is -2.39. The molecule has 30 heavy (non-hydrogen) atoms. The predicted molar refractivity (Wildman–Crippen MR) is 109 cm³/mol. The molecule has 5 atom stereocenters. The zero-order valence-corrected chi connectivity index (χ0v) is 18.7. The molecule has 0 saturated carbocycles. The lowest BCUT2D eigenvalue weighted by molar-refractivity contribution is -0.294. The lowest BCUT2D eigenvalue weighted by Crippen LogP contribution is -2.59. The molecule has 0 spiro atoms. The molecule has 1 heterocycles. The largest absolute Gasteiger partial charge is 0.507 e. The summed E-state index contributed by atoms with van der Waals surface area (Å²) in [5.74, 6) is -0.506. The maximum atomic E-state index is 12.8. The van der Waals surface area contributed by atoms with Crippen LogP contribution < -0.4 is 0 Å². The molecule has 4 N–H and O–H groups in total. The molecule has 0 aliphatic carbocycles. The number of aliphatic hydroxyl groups is 3. The van der Waals surface area contributed by atoms with Crippen molar-refractivity contribution in [3.05, 3.63) is 28.8 Å². The molecule has 0 aromatic heterocycles. The highest BCUT2D eigenvalue weighted by Gasteiger charge is 2.44. The van der Waals surface area contributed by atoms with Gasteiger partial charge < -0.3 is 34.6 Å². The number of esters is 1. The molecule has 170 valence electrons. The predicted octanol–water partition coefficient (Wildman–Crippen LogP) is 1.60. The van der Waals surface area contributed by atoms with Crippen LogP contribution in [0.25, 0.3) is 0 Å². The normalized spacial score (nSPS) is 27.7. The van der Waals surface area contributed by atoms with Gasteiger partial charge in [-0.1, -0.05) is 41.5 Å². The van der Waals surface area contributed by atoms with E-state index < -0.39 is 47.5 Å². The Morgan fingerprint density at radius 1 is 0.967 bits per heavy atom. The van der Waals surface area contributed by atoms with Crippen LogP contribution in [0, 0.1) is 0 Å². The minimum Gasteiger partial charge on any atom is -0.507 e. The third-order valence-electron chi connectivity index (χ3n) is 5.24. The van der Waals surface area contributed by atoms with E-state index in [1.807, 2.05) is 41.5 Å². The number of carbonyl (C=O) groups excluding carboxylic acids is 1. The van der Waals surface area contributed by atoms with Gasteiger partial charge in [0.2, 0.25) is 0 Å². The monoisotopic (exact) mass is 426 g/mol. The molecule has 8 heteroatoms. The third-order valence-corrected chi connectivity index (χ3v) is 5.24. The van der Waals surface area contributed by atoms with Crippen molar-refractivity contribution in [2.75, 3.05) is 13.7 Å². The maximum absolute atomic E-state index is 12.8. The molecule has 1 aromatic carbocycles. The molecular formula is C22H34O8. The second kappa shape index (κ2) is 8.80. The van der Waals surface area contributed by atoms with Crippen molar-refractivity contribution in [2.24, 2.45) is 0 Å². The topological polar surface area (TPSA) is 126 Å². The molecule has 0 radical (unpaired) electrons. The second-order valence-electron chi connectivity index (χ2n) is 9.77. The van der Waals surface area contributed by atoms with Crippen LogP contribution in [0.1, 0.15) is 63.0 Å². The van der Waals surface area contributed by atoms with Gasteiger partial charge in [-0.05, 0) is 23.0 Å². The molecule has 0 unspecified atom stereocenters. The first-order valence-electron chi connectivity index (χ1n) is 9.96. The molecule has 0 bridgehead atoms. The van der Waals surface area contributed by atoms with Crippen molar-refractivity contribution in [2.45, 2.75) is 83.1 Å². The van der Waals surface area contributed by atoms with Crippen LogP contribution in [-0.4, -0.2) is 70.8 Å².